The topological polar surface area (TPSA) is 115 Å². The lowest BCUT2D eigenvalue weighted by molar-refractivity contribution is -0.143. The van der Waals surface area contributed by atoms with Crippen molar-refractivity contribution in [1.29, 1.82) is 0 Å². The molecule has 2 aliphatic rings. The highest BCUT2D eigenvalue weighted by Gasteiger charge is 2.26. The van der Waals surface area contributed by atoms with Crippen LogP contribution in [0.3, 0.4) is 0 Å². The second-order valence-electron chi connectivity index (χ2n) is 4.88. The van der Waals surface area contributed by atoms with Crippen LogP contribution in [0.2, 0.25) is 0 Å². The van der Waals surface area contributed by atoms with Gasteiger partial charge in [-0.05, 0) is 24.3 Å². The number of allylic oxidation sites excluding steroid dienone is 3. The van der Waals surface area contributed by atoms with Crippen molar-refractivity contribution < 1.29 is 29.7 Å². The van der Waals surface area contributed by atoms with Crippen LogP contribution in [0.25, 0.3) is 0 Å². The third kappa shape index (κ3) is 6.11. The van der Waals surface area contributed by atoms with Crippen LogP contribution in [0, 0.1) is 5.92 Å². The summed E-state index contributed by atoms with van der Waals surface area (Å²) in [6.45, 7) is 1.29. The maximum absolute atomic E-state index is 10.7. The molecular weight excluding hydrogens is 278 g/mol. The summed E-state index contributed by atoms with van der Waals surface area (Å²) in [5.74, 6) is -1.56. The standard InChI is InChI=1S/C10H13NO2.C4H6O4/c12-10(13)11-6-5-8-3-1-2-4-9(8)7-11;5-3(6)1-2-4(7)8/h1-2,4,8H,3,5-7H2,(H,12,13);1-2H2,(H,5,6)(H,7,8). The van der Waals surface area contributed by atoms with Gasteiger partial charge in [-0.1, -0.05) is 18.2 Å². The second kappa shape index (κ2) is 8.08. The molecule has 1 aliphatic carbocycles. The molecular formula is C14H19NO6. The van der Waals surface area contributed by atoms with E-state index < -0.39 is 18.0 Å². The summed E-state index contributed by atoms with van der Waals surface area (Å²) in [4.78, 5) is 31.5. The zero-order valence-electron chi connectivity index (χ0n) is 11.6. The molecule has 1 fully saturated rings. The minimum absolute atomic E-state index is 0.296. The highest BCUT2D eigenvalue weighted by atomic mass is 16.4. The molecule has 7 nitrogen and oxygen atoms in total. The van der Waals surface area contributed by atoms with Gasteiger partial charge in [0.1, 0.15) is 0 Å². The van der Waals surface area contributed by atoms with Crippen molar-refractivity contribution in [2.45, 2.75) is 25.7 Å². The number of hydrogen-bond donors (Lipinski definition) is 3. The van der Waals surface area contributed by atoms with Crippen molar-refractivity contribution >= 4 is 18.0 Å². The van der Waals surface area contributed by atoms with Crippen LogP contribution >= 0.6 is 0 Å². The van der Waals surface area contributed by atoms with Gasteiger partial charge in [0, 0.05) is 13.1 Å². The number of carboxylic acids is 2. The summed E-state index contributed by atoms with van der Waals surface area (Å²) in [5, 5.41) is 24.6. The SMILES string of the molecule is O=C(O)CCC(=O)O.O=C(O)N1CCC2CC=CC=C2C1. The Bertz CT molecular complexity index is 454. The first-order chi connectivity index (χ1) is 9.90. The Morgan fingerprint density at radius 3 is 2.29 bits per heavy atom. The number of carbonyl (C=O) groups is 3. The van der Waals surface area contributed by atoms with Gasteiger partial charge in [-0.2, -0.15) is 0 Å². The Balaban J connectivity index is 0.000000240. The van der Waals surface area contributed by atoms with Crippen molar-refractivity contribution in [3.05, 3.63) is 23.8 Å². The van der Waals surface area contributed by atoms with E-state index in [9.17, 15) is 14.4 Å². The normalized spacial score (nSPS) is 19.7. The molecule has 1 unspecified atom stereocenters. The first-order valence-electron chi connectivity index (χ1n) is 6.67. The summed E-state index contributed by atoms with van der Waals surface area (Å²) in [6, 6.07) is 0. The van der Waals surface area contributed by atoms with Crippen molar-refractivity contribution in [1.82, 2.24) is 4.90 Å². The first-order valence-corrected chi connectivity index (χ1v) is 6.67. The molecule has 1 heterocycles. The number of carboxylic acid groups (broad SMARTS) is 3. The number of nitrogens with zero attached hydrogens (tertiary/aromatic N) is 1. The van der Waals surface area contributed by atoms with E-state index in [0.29, 0.717) is 19.0 Å². The minimum atomic E-state index is -1.08. The average Bonchev–Trinajstić information content (AvgIpc) is 2.45. The van der Waals surface area contributed by atoms with Gasteiger partial charge in [0.05, 0.1) is 12.8 Å². The van der Waals surface area contributed by atoms with E-state index in [1.54, 1.807) is 0 Å². The van der Waals surface area contributed by atoms with Gasteiger partial charge >= 0.3 is 18.0 Å². The summed E-state index contributed by atoms with van der Waals surface area (Å²) in [5.41, 5.74) is 1.27. The largest absolute Gasteiger partial charge is 0.481 e. The smallest absolute Gasteiger partial charge is 0.407 e. The Kier molecular flexibility index (Phi) is 6.45. The highest BCUT2D eigenvalue weighted by Crippen LogP contribution is 2.28. The fraction of sp³-hybridized carbons (Fsp3) is 0.500. The van der Waals surface area contributed by atoms with Gasteiger partial charge in [-0.15, -0.1) is 0 Å². The molecule has 1 atom stereocenters. The van der Waals surface area contributed by atoms with Crippen LogP contribution in [-0.4, -0.2) is 51.3 Å². The Morgan fingerprint density at radius 1 is 1.14 bits per heavy atom. The Hall–Kier alpha value is -2.31. The van der Waals surface area contributed by atoms with Crippen LogP contribution < -0.4 is 0 Å². The molecule has 7 heteroatoms. The number of aliphatic carboxylic acids is 2. The van der Waals surface area contributed by atoms with Crippen LogP contribution in [0.1, 0.15) is 25.7 Å². The number of rotatable bonds is 3. The second-order valence-corrected chi connectivity index (χ2v) is 4.88. The number of fused-ring (bicyclic) bond motifs is 1. The molecule has 0 aromatic rings. The lowest BCUT2D eigenvalue weighted by Gasteiger charge is -2.33. The van der Waals surface area contributed by atoms with Crippen molar-refractivity contribution in [3.8, 4) is 0 Å². The molecule has 3 N–H and O–H groups in total. The molecule has 1 aliphatic heterocycles. The van der Waals surface area contributed by atoms with Crippen LogP contribution in [-0.2, 0) is 9.59 Å². The monoisotopic (exact) mass is 297 g/mol. The van der Waals surface area contributed by atoms with Crippen LogP contribution in [0.15, 0.2) is 23.8 Å². The predicted octanol–water partition coefficient (Wildman–Crippen LogP) is 1.81. The van der Waals surface area contributed by atoms with Gasteiger partial charge < -0.3 is 20.2 Å². The molecule has 0 aromatic carbocycles. The van der Waals surface area contributed by atoms with E-state index in [2.05, 4.69) is 12.2 Å². The van der Waals surface area contributed by atoms with Gasteiger partial charge in [-0.3, -0.25) is 9.59 Å². The molecule has 1 amide bonds. The van der Waals surface area contributed by atoms with Gasteiger partial charge in [-0.25, -0.2) is 4.79 Å². The molecule has 0 bridgehead atoms. The zero-order valence-corrected chi connectivity index (χ0v) is 11.6. The van der Waals surface area contributed by atoms with E-state index >= 15 is 0 Å². The van der Waals surface area contributed by atoms with Crippen LogP contribution in [0.4, 0.5) is 4.79 Å². The third-order valence-corrected chi connectivity index (χ3v) is 3.34. The van der Waals surface area contributed by atoms with Crippen molar-refractivity contribution in [2.24, 2.45) is 5.92 Å². The molecule has 2 rings (SSSR count). The summed E-state index contributed by atoms with van der Waals surface area (Å²) < 4.78 is 0. The van der Waals surface area contributed by atoms with Crippen molar-refractivity contribution in [3.63, 3.8) is 0 Å². The molecule has 21 heavy (non-hydrogen) atoms. The van der Waals surface area contributed by atoms with E-state index in [0.717, 1.165) is 12.8 Å². The minimum Gasteiger partial charge on any atom is -0.481 e. The quantitative estimate of drug-likeness (QED) is 0.731. The number of amides is 1. The van der Waals surface area contributed by atoms with E-state index in [1.807, 2.05) is 6.08 Å². The number of hydrogen-bond acceptors (Lipinski definition) is 3. The molecule has 1 saturated heterocycles. The first kappa shape index (κ1) is 16.7. The highest BCUT2D eigenvalue weighted by molar-refractivity contribution is 5.75. The van der Waals surface area contributed by atoms with Gasteiger partial charge in [0.15, 0.2) is 0 Å². The summed E-state index contributed by atoms with van der Waals surface area (Å²) in [7, 11) is 0. The molecule has 116 valence electrons. The molecule has 0 radical (unpaired) electrons. The van der Waals surface area contributed by atoms with Gasteiger partial charge in [0.2, 0.25) is 0 Å². The fourth-order valence-corrected chi connectivity index (χ4v) is 2.20. The Morgan fingerprint density at radius 2 is 1.76 bits per heavy atom. The van der Waals surface area contributed by atoms with E-state index in [-0.39, 0.29) is 12.8 Å². The van der Waals surface area contributed by atoms with Gasteiger partial charge in [0.25, 0.3) is 0 Å². The lowest BCUT2D eigenvalue weighted by Crippen LogP contribution is -2.39. The molecule has 0 spiro atoms. The number of piperidine rings is 1. The zero-order chi connectivity index (χ0) is 15.8. The Labute approximate surface area is 122 Å². The summed E-state index contributed by atoms with van der Waals surface area (Å²) >= 11 is 0. The average molecular weight is 297 g/mol. The fourth-order valence-electron chi connectivity index (χ4n) is 2.20. The predicted molar refractivity (Wildman–Crippen MR) is 74.1 cm³/mol. The lowest BCUT2D eigenvalue weighted by atomic mass is 9.86. The maximum atomic E-state index is 10.7. The molecule has 0 aromatic heterocycles. The summed E-state index contributed by atoms with van der Waals surface area (Å²) in [6.07, 6.45) is 6.91. The van der Waals surface area contributed by atoms with Crippen LogP contribution in [0.5, 0.6) is 0 Å². The number of likely N-dealkylation sites (tertiary alicyclic amines) is 1. The van der Waals surface area contributed by atoms with Crippen molar-refractivity contribution in [2.75, 3.05) is 13.1 Å². The van der Waals surface area contributed by atoms with E-state index in [1.165, 1.54) is 10.5 Å². The van der Waals surface area contributed by atoms with E-state index in [4.69, 9.17) is 15.3 Å². The maximum Gasteiger partial charge on any atom is 0.407 e. The molecule has 0 saturated carbocycles. The third-order valence-electron chi connectivity index (χ3n) is 3.34.